The SMILES string of the molecule is COC[C@@H]1NC(=O)[C@H](C)N(Cc2ccc(Cl)cc2Oc2ccc(-c3cnc(CN4CCCC4)n3C)cc2)C(=O)C[C@@H](Cc2ccccc2)C(=O)N(C)[C@@H](CCCCCC(=O)NOC(=O)C(F)(F)F)CNC(=O)C[C@H](Cc2ccc(Cl)cc2)N(C)C1=O. The predicted octanol–water partition coefficient (Wildman–Crippen LogP) is 8.38. The molecule has 0 unspecified atom stereocenters. The number of nitrogens with zero attached hydrogens (tertiary/aromatic N) is 6. The zero-order valence-electron chi connectivity index (χ0n) is 48.9. The lowest BCUT2D eigenvalue weighted by atomic mass is 9.92. The summed E-state index contributed by atoms with van der Waals surface area (Å²) in [5, 5.41) is 6.60. The second-order valence-electron chi connectivity index (χ2n) is 21.8. The molecule has 19 nitrogen and oxygen atoms in total. The average Bonchev–Trinajstić information content (AvgIpc) is 2.80. The summed E-state index contributed by atoms with van der Waals surface area (Å²) in [6.45, 7) is 3.79. The molecule has 6 amide bonds. The first-order valence-electron chi connectivity index (χ1n) is 28.6. The number of hydroxylamine groups is 1. The van der Waals surface area contributed by atoms with Crippen LogP contribution in [0.3, 0.4) is 0 Å². The molecule has 24 heteroatoms. The second kappa shape index (κ2) is 31.2. The Balaban J connectivity index is 1.21. The van der Waals surface area contributed by atoms with E-state index < -0.39 is 84.1 Å². The number of nitrogens with one attached hydrogen (secondary N) is 3. The molecule has 2 saturated heterocycles. The number of carbonyl (C=O) groups excluding carboxylic acids is 7. The Morgan fingerprint density at radius 3 is 2.14 bits per heavy atom. The summed E-state index contributed by atoms with van der Waals surface area (Å²) < 4.78 is 52.1. The molecular weight excluding hydrogens is 1160 g/mol. The van der Waals surface area contributed by atoms with Gasteiger partial charge in [-0.15, -0.1) is 0 Å². The maximum Gasteiger partial charge on any atom is 0.493 e. The largest absolute Gasteiger partial charge is 0.493 e. The van der Waals surface area contributed by atoms with Crippen LogP contribution in [0, 0.1) is 5.92 Å². The van der Waals surface area contributed by atoms with E-state index in [1.165, 1.54) is 54.1 Å². The van der Waals surface area contributed by atoms with E-state index in [1.54, 1.807) is 61.6 Å². The Morgan fingerprint density at radius 2 is 1.45 bits per heavy atom. The number of halogens is 5. The first-order chi connectivity index (χ1) is 41.1. The lowest BCUT2D eigenvalue weighted by Crippen LogP contribution is -2.57. The van der Waals surface area contributed by atoms with Crippen molar-refractivity contribution in [2.24, 2.45) is 13.0 Å². The van der Waals surface area contributed by atoms with Crippen molar-refractivity contribution in [2.45, 2.75) is 121 Å². The molecule has 2 aliphatic rings. The van der Waals surface area contributed by atoms with Gasteiger partial charge in [-0.2, -0.15) is 18.7 Å². The minimum atomic E-state index is -5.30. The maximum atomic E-state index is 15.4. The van der Waals surface area contributed by atoms with E-state index in [9.17, 15) is 37.1 Å². The number of rotatable bonds is 19. The number of unbranched alkanes of at least 4 members (excludes halogenated alkanes) is 2. The van der Waals surface area contributed by atoms with Gasteiger partial charge in [0.25, 0.3) is 5.91 Å². The second-order valence-corrected chi connectivity index (χ2v) is 22.7. The Morgan fingerprint density at radius 1 is 0.779 bits per heavy atom. The molecule has 3 N–H and O–H groups in total. The molecule has 0 aliphatic carbocycles. The monoisotopic (exact) mass is 1230 g/mol. The van der Waals surface area contributed by atoms with Crippen LogP contribution >= 0.6 is 23.2 Å². The normalized spacial score (nSPS) is 19.9. The molecule has 2 aliphatic heterocycles. The van der Waals surface area contributed by atoms with Crippen LogP contribution < -0.4 is 20.9 Å². The highest BCUT2D eigenvalue weighted by Gasteiger charge is 2.42. The number of hydrogen-bond donors (Lipinski definition) is 3. The van der Waals surface area contributed by atoms with Crippen LogP contribution in [0.25, 0.3) is 11.3 Å². The van der Waals surface area contributed by atoms with Crippen LogP contribution in [0.2, 0.25) is 10.0 Å². The number of benzene rings is 4. The van der Waals surface area contributed by atoms with E-state index in [0.29, 0.717) is 34.2 Å². The van der Waals surface area contributed by atoms with Crippen molar-refractivity contribution >= 4 is 64.6 Å². The van der Waals surface area contributed by atoms with Crippen LogP contribution in [0.4, 0.5) is 13.2 Å². The zero-order chi connectivity index (χ0) is 62.1. The van der Waals surface area contributed by atoms with Gasteiger partial charge in [0, 0.05) is 87.3 Å². The van der Waals surface area contributed by atoms with Crippen LogP contribution in [-0.4, -0.2) is 148 Å². The fourth-order valence-corrected chi connectivity index (χ4v) is 10.9. The quantitative estimate of drug-likeness (QED) is 0.0525. The molecule has 462 valence electrons. The Bertz CT molecular complexity index is 3130. The lowest BCUT2D eigenvalue weighted by molar-refractivity contribution is -0.207. The van der Waals surface area contributed by atoms with Gasteiger partial charge in [0.05, 0.1) is 37.5 Å². The summed E-state index contributed by atoms with van der Waals surface area (Å²) >= 11 is 12.9. The number of alkyl halides is 3. The summed E-state index contributed by atoms with van der Waals surface area (Å²) in [5.41, 5.74) is 5.29. The summed E-state index contributed by atoms with van der Waals surface area (Å²) in [5.74, 6) is -5.69. The molecule has 3 heterocycles. The molecule has 4 aromatic carbocycles. The van der Waals surface area contributed by atoms with Crippen molar-refractivity contribution in [1.29, 1.82) is 0 Å². The van der Waals surface area contributed by atoms with E-state index in [0.717, 1.165) is 47.8 Å². The molecule has 7 rings (SSSR count). The topological polar surface area (TPSA) is 214 Å². The number of ether oxygens (including phenoxy) is 2. The highest BCUT2D eigenvalue weighted by Crippen LogP contribution is 2.33. The van der Waals surface area contributed by atoms with Gasteiger partial charge in [-0.3, -0.25) is 33.7 Å². The highest BCUT2D eigenvalue weighted by molar-refractivity contribution is 6.31. The number of amides is 6. The number of imidazole rings is 1. The van der Waals surface area contributed by atoms with Gasteiger partial charge in [-0.25, -0.2) is 9.78 Å². The van der Waals surface area contributed by atoms with Crippen LogP contribution in [0.15, 0.2) is 103 Å². The number of methoxy groups -OCH3 is 1. The first-order valence-corrected chi connectivity index (χ1v) is 29.4. The molecule has 0 saturated carbocycles. The van der Waals surface area contributed by atoms with Crippen LogP contribution in [0.5, 0.6) is 11.5 Å². The van der Waals surface area contributed by atoms with Gasteiger partial charge >= 0.3 is 12.1 Å². The maximum absolute atomic E-state index is 15.4. The Labute approximate surface area is 508 Å². The van der Waals surface area contributed by atoms with Crippen molar-refractivity contribution in [1.82, 2.24) is 45.3 Å². The highest BCUT2D eigenvalue weighted by atomic mass is 35.5. The summed E-state index contributed by atoms with van der Waals surface area (Å²) in [4.78, 5) is 113. The molecule has 0 spiro atoms. The average molecular weight is 1230 g/mol. The van der Waals surface area contributed by atoms with Gasteiger partial charge in [0.2, 0.25) is 29.5 Å². The minimum absolute atomic E-state index is 0.0804. The molecule has 86 heavy (non-hydrogen) atoms. The van der Waals surface area contributed by atoms with Crippen molar-refractivity contribution < 1.29 is 61.0 Å². The first kappa shape index (κ1) is 66.0. The van der Waals surface area contributed by atoms with Gasteiger partial charge in [0.15, 0.2) is 0 Å². The zero-order valence-corrected chi connectivity index (χ0v) is 50.4. The third-order valence-electron chi connectivity index (χ3n) is 15.7. The summed E-state index contributed by atoms with van der Waals surface area (Å²) in [6.07, 6.45) is -0.644. The summed E-state index contributed by atoms with van der Waals surface area (Å²) in [6, 6.07) is 24.3. The van der Waals surface area contributed by atoms with Gasteiger partial charge in [-0.05, 0) is 118 Å². The lowest BCUT2D eigenvalue weighted by Gasteiger charge is -2.35. The molecule has 0 bridgehead atoms. The smallest absolute Gasteiger partial charge is 0.457 e. The minimum Gasteiger partial charge on any atom is -0.457 e. The van der Waals surface area contributed by atoms with Crippen LogP contribution in [0.1, 0.15) is 87.2 Å². The third kappa shape index (κ3) is 18.7. The van der Waals surface area contributed by atoms with Gasteiger partial charge in [-0.1, -0.05) is 84.6 Å². The molecule has 0 radical (unpaired) electrons. The molecular formula is C62H74Cl2F3N9O10. The van der Waals surface area contributed by atoms with E-state index in [-0.39, 0.29) is 64.0 Å². The fraction of sp³-hybridized carbons (Fsp3) is 0.452. The molecule has 5 aromatic rings. The molecule has 5 atom stereocenters. The standard InChI is InChI=1S/C62H74Cl2F3N9O10/c1-40-58(80)70-51(39-84-5)60(82)73(3)49(31-42-18-23-46(63)24-19-42)34-56(78)69-35-48(16-10-7-11-17-55(77)71-86-61(83)62(65,66)67)72(2)59(81)45(30-41-14-8-6-9-15-41)32-57(79)76(40)37-44-20-25-47(64)33-53(44)85-50-26-21-43(22-27-50)52-36-68-54(74(52)4)38-75-28-12-13-29-75/h6,8-9,14-15,18-27,33,36,40,45,48-49,51H,7,10-13,16-17,28-32,34-35,37-39H2,1-5H3,(H,69,78)(H,70,80)(H,71,77)/t40-,45+,48-,49-,51-/m0/s1. The van der Waals surface area contributed by atoms with Crippen molar-refractivity contribution in [3.05, 3.63) is 136 Å². The van der Waals surface area contributed by atoms with Gasteiger partial charge < -0.3 is 44.2 Å². The third-order valence-corrected chi connectivity index (χ3v) is 16.2. The Hall–Kier alpha value is -7.53. The van der Waals surface area contributed by atoms with Crippen molar-refractivity contribution in [3.63, 3.8) is 0 Å². The number of likely N-dealkylation sites (N-methyl/N-ethyl adjacent to an activating group) is 2. The van der Waals surface area contributed by atoms with E-state index in [1.807, 2.05) is 55.7 Å². The fourth-order valence-electron chi connectivity index (χ4n) is 10.6. The van der Waals surface area contributed by atoms with Crippen molar-refractivity contribution in [2.75, 3.05) is 47.4 Å². The number of hydrogen-bond acceptors (Lipinski definition) is 12. The molecule has 1 aromatic heterocycles. The van der Waals surface area contributed by atoms with Gasteiger partial charge in [0.1, 0.15) is 29.4 Å². The van der Waals surface area contributed by atoms with Crippen molar-refractivity contribution in [3.8, 4) is 22.8 Å². The van der Waals surface area contributed by atoms with E-state index >= 15 is 9.59 Å². The molecule has 2 fully saturated rings. The number of likely N-dealkylation sites (tertiary alicyclic amines) is 1. The van der Waals surface area contributed by atoms with Crippen LogP contribution in [-0.2, 0) is 76.1 Å². The van der Waals surface area contributed by atoms with E-state index in [4.69, 9.17) is 37.7 Å². The predicted molar refractivity (Wildman–Crippen MR) is 316 cm³/mol. The number of aromatic nitrogens is 2. The van der Waals surface area contributed by atoms with E-state index in [2.05, 4.69) is 24.9 Å². The Kier molecular flexibility index (Phi) is 24.0. The summed E-state index contributed by atoms with van der Waals surface area (Å²) in [7, 11) is 6.45. The number of carbonyl (C=O) groups is 7.